The van der Waals surface area contributed by atoms with E-state index in [1.807, 2.05) is 22.8 Å². The van der Waals surface area contributed by atoms with Crippen molar-refractivity contribution in [3.63, 3.8) is 0 Å². The molecule has 2 aromatic heterocycles. The molecule has 1 N–H and O–H groups in total. The van der Waals surface area contributed by atoms with E-state index >= 15 is 0 Å². The zero-order chi connectivity index (χ0) is 31.3. The van der Waals surface area contributed by atoms with Gasteiger partial charge >= 0.3 is 18.1 Å². The van der Waals surface area contributed by atoms with Gasteiger partial charge in [-0.05, 0) is 49.5 Å². The van der Waals surface area contributed by atoms with E-state index in [9.17, 15) is 18.0 Å². The summed E-state index contributed by atoms with van der Waals surface area (Å²) in [5.74, 6) is -3.06. The van der Waals surface area contributed by atoms with E-state index in [0.717, 1.165) is 45.8 Å². The van der Waals surface area contributed by atoms with Crippen LogP contribution in [0.4, 0.5) is 13.2 Å². The van der Waals surface area contributed by atoms with Crippen LogP contribution in [0.25, 0.3) is 32.4 Å². The second kappa shape index (κ2) is 13.7. The average Bonchev–Trinajstić information content (AvgIpc) is 3.62. The van der Waals surface area contributed by atoms with Gasteiger partial charge in [0, 0.05) is 30.3 Å². The van der Waals surface area contributed by atoms with Crippen LogP contribution in [-0.4, -0.2) is 68.5 Å². The first-order valence-electron chi connectivity index (χ1n) is 14.6. The molecule has 1 aliphatic heterocycles. The van der Waals surface area contributed by atoms with E-state index in [4.69, 9.17) is 24.7 Å². The Hall–Kier alpha value is -4.03. The number of hydrogen-bond donors (Lipinski definition) is 1. The van der Waals surface area contributed by atoms with E-state index in [-0.39, 0.29) is 5.97 Å². The number of ether oxygens (including phenoxy) is 1. The fourth-order valence-corrected chi connectivity index (χ4v) is 6.39. The number of halogens is 3. The number of aliphatic carboxylic acids is 1. The second-order valence-electron chi connectivity index (χ2n) is 10.7. The summed E-state index contributed by atoms with van der Waals surface area (Å²) in [6.45, 7) is 4.43. The third-order valence-corrected chi connectivity index (χ3v) is 8.78. The predicted molar refractivity (Wildman–Crippen MR) is 162 cm³/mol. The first-order chi connectivity index (χ1) is 21.1. The van der Waals surface area contributed by atoms with Crippen molar-refractivity contribution in [3.05, 3.63) is 71.9 Å². The maximum atomic E-state index is 11.9. The van der Waals surface area contributed by atoms with E-state index < -0.39 is 12.1 Å². The van der Waals surface area contributed by atoms with Gasteiger partial charge in [-0.3, -0.25) is 4.90 Å². The molecule has 0 amide bonds. The summed E-state index contributed by atoms with van der Waals surface area (Å²) in [6.07, 6.45) is 7.37. The SMILES string of the molecule is CCOC(=O)c1ccc(-c2cn3nc(-c4ccc(C5=CCN(C6CCCCC6)CC5)cc4)sc3n2)cc1.O=C(O)C(F)(F)F. The molecule has 1 saturated carbocycles. The summed E-state index contributed by atoms with van der Waals surface area (Å²) in [4.78, 5) is 29.1. The number of nitrogens with zero attached hydrogens (tertiary/aromatic N) is 4. The van der Waals surface area contributed by atoms with Crippen molar-refractivity contribution in [2.24, 2.45) is 0 Å². The number of fused-ring (bicyclic) bond motifs is 1. The smallest absolute Gasteiger partial charge is 0.475 e. The minimum Gasteiger partial charge on any atom is -0.475 e. The van der Waals surface area contributed by atoms with Gasteiger partial charge in [0.05, 0.1) is 24.1 Å². The van der Waals surface area contributed by atoms with E-state index in [1.54, 1.807) is 30.4 Å². The summed E-state index contributed by atoms with van der Waals surface area (Å²) >= 11 is 1.58. The molecule has 0 bridgehead atoms. The van der Waals surface area contributed by atoms with Gasteiger partial charge in [0.25, 0.3) is 0 Å². The molecular formula is C32H33F3N4O4S. The number of benzene rings is 2. The molecule has 1 fully saturated rings. The molecule has 232 valence electrons. The molecule has 0 radical (unpaired) electrons. The number of carbonyl (C=O) groups excluding carboxylic acids is 1. The number of imidazole rings is 1. The highest BCUT2D eigenvalue weighted by molar-refractivity contribution is 7.19. The summed E-state index contributed by atoms with van der Waals surface area (Å²) in [7, 11) is 0. The molecular weight excluding hydrogens is 593 g/mol. The zero-order valence-corrected chi connectivity index (χ0v) is 25.0. The highest BCUT2D eigenvalue weighted by atomic mass is 32.1. The lowest BCUT2D eigenvalue weighted by Crippen LogP contribution is -2.39. The molecule has 0 spiro atoms. The van der Waals surface area contributed by atoms with Crippen LogP contribution >= 0.6 is 11.3 Å². The van der Waals surface area contributed by atoms with Crippen molar-refractivity contribution in [1.82, 2.24) is 19.5 Å². The Morgan fingerprint density at radius 2 is 1.64 bits per heavy atom. The van der Waals surface area contributed by atoms with Gasteiger partial charge in [-0.2, -0.15) is 18.3 Å². The highest BCUT2D eigenvalue weighted by Gasteiger charge is 2.38. The molecule has 2 aromatic carbocycles. The summed E-state index contributed by atoms with van der Waals surface area (Å²) in [5.41, 5.74) is 6.22. The fourth-order valence-electron chi connectivity index (χ4n) is 5.50. The minimum absolute atomic E-state index is 0.307. The van der Waals surface area contributed by atoms with Crippen LogP contribution in [0.2, 0.25) is 0 Å². The van der Waals surface area contributed by atoms with Crippen molar-refractivity contribution < 1.29 is 32.6 Å². The average molecular weight is 627 g/mol. The zero-order valence-electron chi connectivity index (χ0n) is 24.2. The summed E-state index contributed by atoms with van der Waals surface area (Å²) < 4.78 is 38.6. The van der Waals surface area contributed by atoms with Gasteiger partial charge < -0.3 is 9.84 Å². The Kier molecular flexibility index (Phi) is 9.80. The third kappa shape index (κ3) is 7.54. The number of carboxylic acids is 1. The maximum Gasteiger partial charge on any atom is 0.490 e. The van der Waals surface area contributed by atoms with Gasteiger partial charge in [-0.25, -0.2) is 19.1 Å². The molecule has 1 aliphatic carbocycles. The van der Waals surface area contributed by atoms with Crippen LogP contribution in [0.15, 0.2) is 60.8 Å². The molecule has 0 saturated heterocycles. The Bertz CT molecular complexity index is 1590. The standard InChI is InChI=1S/C30H32N4O2S.C2HF3O2/c1-2-36-29(35)25-14-10-23(11-15-25)27-20-34-30(31-27)37-28(32-34)24-12-8-21(9-13-24)22-16-18-33(19-17-22)26-6-4-3-5-7-26;3-2(4,5)1(6)7/h8-16,20,26H,2-7,17-19H2,1H3;(H,6,7). The monoisotopic (exact) mass is 626 g/mol. The number of carboxylic acid groups (broad SMARTS) is 1. The van der Waals surface area contributed by atoms with Crippen LogP contribution in [-0.2, 0) is 9.53 Å². The number of carbonyl (C=O) groups is 2. The first kappa shape index (κ1) is 31.4. The molecule has 6 rings (SSSR count). The second-order valence-corrected chi connectivity index (χ2v) is 11.7. The summed E-state index contributed by atoms with van der Waals surface area (Å²) in [5, 5.41) is 12.9. The molecule has 0 unspecified atom stereocenters. The van der Waals surface area contributed by atoms with Crippen molar-refractivity contribution in [2.45, 2.75) is 57.7 Å². The fraction of sp³-hybridized carbons (Fsp3) is 0.375. The first-order valence-corrected chi connectivity index (χ1v) is 15.4. The van der Waals surface area contributed by atoms with Crippen LogP contribution in [0.1, 0.15) is 61.4 Å². The van der Waals surface area contributed by atoms with Crippen LogP contribution in [0.5, 0.6) is 0 Å². The quantitative estimate of drug-likeness (QED) is 0.224. The van der Waals surface area contributed by atoms with Gasteiger partial charge in [0.1, 0.15) is 5.01 Å². The minimum atomic E-state index is -5.08. The van der Waals surface area contributed by atoms with Crippen LogP contribution in [0, 0.1) is 0 Å². The predicted octanol–water partition coefficient (Wildman–Crippen LogP) is 7.36. The maximum absolute atomic E-state index is 11.9. The lowest BCUT2D eigenvalue weighted by atomic mass is 9.92. The van der Waals surface area contributed by atoms with Gasteiger partial charge in [-0.1, -0.05) is 73.1 Å². The number of aromatic nitrogens is 3. The highest BCUT2D eigenvalue weighted by Crippen LogP contribution is 2.32. The van der Waals surface area contributed by atoms with Crippen molar-refractivity contribution >= 4 is 33.8 Å². The van der Waals surface area contributed by atoms with Crippen LogP contribution < -0.4 is 0 Å². The normalized spacial score (nSPS) is 16.2. The lowest BCUT2D eigenvalue weighted by molar-refractivity contribution is -0.192. The molecule has 12 heteroatoms. The number of alkyl halides is 3. The van der Waals surface area contributed by atoms with Gasteiger partial charge in [-0.15, -0.1) is 0 Å². The number of hydrogen-bond acceptors (Lipinski definition) is 7. The van der Waals surface area contributed by atoms with Crippen LogP contribution in [0.3, 0.4) is 0 Å². The molecule has 3 heterocycles. The van der Waals surface area contributed by atoms with Crippen molar-refractivity contribution in [1.29, 1.82) is 0 Å². The Balaban J connectivity index is 0.000000493. The van der Waals surface area contributed by atoms with E-state index in [0.29, 0.717) is 12.2 Å². The van der Waals surface area contributed by atoms with Crippen molar-refractivity contribution in [3.8, 4) is 21.8 Å². The molecule has 2 aliphatic rings. The molecule has 4 aromatic rings. The largest absolute Gasteiger partial charge is 0.490 e. The van der Waals surface area contributed by atoms with Gasteiger partial charge in [0.2, 0.25) is 4.96 Å². The Morgan fingerprint density at radius 1 is 1.00 bits per heavy atom. The van der Waals surface area contributed by atoms with Crippen molar-refractivity contribution in [2.75, 3.05) is 19.7 Å². The summed E-state index contributed by atoms with van der Waals surface area (Å²) in [6, 6.07) is 17.0. The molecule has 44 heavy (non-hydrogen) atoms. The Morgan fingerprint density at radius 3 is 2.20 bits per heavy atom. The number of esters is 1. The topological polar surface area (TPSA) is 97.0 Å². The third-order valence-electron chi connectivity index (χ3n) is 7.81. The molecule has 8 nitrogen and oxygen atoms in total. The van der Waals surface area contributed by atoms with E-state index in [1.165, 1.54) is 49.8 Å². The van der Waals surface area contributed by atoms with Gasteiger partial charge in [0.15, 0.2) is 0 Å². The Labute approximate surface area is 256 Å². The lowest BCUT2D eigenvalue weighted by Gasteiger charge is -2.36. The van der Waals surface area contributed by atoms with E-state index in [2.05, 4.69) is 35.2 Å². The molecule has 0 atom stereocenters. The number of rotatable bonds is 6.